The van der Waals surface area contributed by atoms with E-state index in [9.17, 15) is 4.79 Å². The number of aliphatic carboxylic acids is 1. The average Bonchev–Trinajstić information content (AvgIpc) is 2.44. The first-order chi connectivity index (χ1) is 6.25. The summed E-state index contributed by atoms with van der Waals surface area (Å²) in [6.45, 7) is 0. The van der Waals surface area contributed by atoms with Crippen molar-refractivity contribution in [2.24, 2.45) is 0 Å². The predicted octanol–water partition coefficient (Wildman–Crippen LogP) is 1.50. The van der Waals surface area contributed by atoms with Crippen LogP contribution in [0.15, 0.2) is 24.3 Å². The lowest BCUT2D eigenvalue weighted by Crippen LogP contribution is -2.19. The van der Waals surface area contributed by atoms with Gasteiger partial charge in [0, 0.05) is 11.7 Å². The molecule has 0 fully saturated rings. The van der Waals surface area contributed by atoms with E-state index in [4.69, 9.17) is 5.11 Å². The van der Waals surface area contributed by atoms with Gasteiger partial charge in [-0.2, -0.15) is 0 Å². The summed E-state index contributed by atoms with van der Waals surface area (Å²) in [5, 5.41) is 11.8. The average molecular weight is 177 g/mol. The van der Waals surface area contributed by atoms with E-state index in [-0.39, 0.29) is 12.5 Å². The van der Waals surface area contributed by atoms with E-state index in [2.05, 4.69) is 5.32 Å². The van der Waals surface area contributed by atoms with E-state index in [0.717, 1.165) is 12.1 Å². The largest absolute Gasteiger partial charge is 0.481 e. The molecule has 1 unspecified atom stereocenters. The highest BCUT2D eigenvalue weighted by molar-refractivity contribution is 5.70. The summed E-state index contributed by atoms with van der Waals surface area (Å²) < 4.78 is 0. The molecule has 0 saturated carbocycles. The Kier molecular flexibility index (Phi) is 1.93. The molecule has 0 aromatic heterocycles. The third-order valence-corrected chi connectivity index (χ3v) is 2.26. The second kappa shape index (κ2) is 3.09. The lowest BCUT2D eigenvalue weighted by Gasteiger charge is -2.06. The Morgan fingerprint density at radius 2 is 2.31 bits per heavy atom. The number of fused-ring (bicyclic) bond motifs is 1. The van der Waals surface area contributed by atoms with Crippen molar-refractivity contribution in [2.45, 2.75) is 18.9 Å². The SMILES string of the molecule is O=C(O)CC1Cc2ccccc2N1. The van der Waals surface area contributed by atoms with Crippen LogP contribution in [0.5, 0.6) is 0 Å². The summed E-state index contributed by atoms with van der Waals surface area (Å²) in [4.78, 5) is 10.5. The molecule has 0 saturated heterocycles. The van der Waals surface area contributed by atoms with Gasteiger partial charge < -0.3 is 10.4 Å². The highest BCUT2D eigenvalue weighted by Crippen LogP contribution is 2.26. The Morgan fingerprint density at radius 3 is 3.00 bits per heavy atom. The topological polar surface area (TPSA) is 49.3 Å². The number of rotatable bonds is 2. The zero-order chi connectivity index (χ0) is 9.26. The van der Waals surface area contributed by atoms with Crippen molar-refractivity contribution in [1.29, 1.82) is 0 Å². The summed E-state index contributed by atoms with van der Waals surface area (Å²) in [5.74, 6) is -0.745. The number of benzene rings is 1. The number of carbonyl (C=O) groups is 1. The van der Waals surface area contributed by atoms with Crippen LogP contribution in [0.2, 0.25) is 0 Å². The normalized spacial score (nSPS) is 19.2. The second-order valence-corrected chi connectivity index (χ2v) is 3.30. The van der Waals surface area contributed by atoms with Gasteiger partial charge in [-0.3, -0.25) is 4.79 Å². The van der Waals surface area contributed by atoms with Crippen molar-refractivity contribution in [2.75, 3.05) is 5.32 Å². The van der Waals surface area contributed by atoms with Gasteiger partial charge in [0.05, 0.1) is 6.42 Å². The number of carboxylic acids is 1. The number of nitrogens with one attached hydrogen (secondary N) is 1. The highest BCUT2D eigenvalue weighted by atomic mass is 16.4. The number of carboxylic acid groups (broad SMARTS) is 1. The van der Waals surface area contributed by atoms with E-state index in [1.165, 1.54) is 5.56 Å². The molecule has 1 aromatic carbocycles. The van der Waals surface area contributed by atoms with Crippen LogP contribution < -0.4 is 5.32 Å². The Morgan fingerprint density at radius 1 is 1.54 bits per heavy atom. The van der Waals surface area contributed by atoms with Gasteiger partial charge >= 0.3 is 5.97 Å². The first-order valence-corrected chi connectivity index (χ1v) is 4.32. The minimum atomic E-state index is -0.745. The number of para-hydroxylation sites is 1. The molecular weight excluding hydrogens is 166 g/mol. The molecule has 3 nitrogen and oxygen atoms in total. The molecule has 2 N–H and O–H groups in total. The second-order valence-electron chi connectivity index (χ2n) is 3.30. The molecular formula is C10H11NO2. The smallest absolute Gasteiger partial charge is 0.305 e. The minimum absolute atomic E-state index is 0.0647. The van der Waals surface area contributed by atoms with E-state index >= 15 is 0 Å². The summed E-state index contributed by atoms with van der Waals surface area (Å²) in [6, 6.07) is 8.01. The van der Waals surface area contributed by atoms with Crippen LogP contribution in [-0.4, -0.2) is 17.1 Å². The van der Waals surface area contributed by atoms with Crippen LogP contribution in [0.4, 0.5) is 5.69 Å². The summed E-state index contributed by atoms with van der Waals surface area (Å²) >= 11 is 0. The van der Waals surface area contributed by atoms with Crippen molar-refractivity contribution < 1.29 is 9.90 Å². The first-order valence-electron chi connectivity index (χ1n) is 4.32. The number of hydrogen-bond donors (Lipinski definition) is 2. The van der Waals surface area contributed by atoms with Crippen LogP contribution in [0, 0.1) is 0 Å². The third-order valence-electron chi connectivity index (χ3n) is 2.26. The Bertz CT molecular complexity index is 310. The van der Waals surface area contributed by atoms with E-state index < -0.39 is 5.97 Å². The molecule has 2 rings (SSSR count). The van der Waals surface area contributed by atoms with Crippen LogP contribution in [0.25, 0.3) is 0 Å². The van der Waals surface area contributed by atoms with Crippen molar-refractivity contribution >= 4 is 11.7 Å². The van der Waals surface area contributed by atoms with Crippen molar-refractivity contribution in [3.63, 3.8) is 0 Å². The molecule has 0 radical (unpaired) electrons. The summed E-state index contributed by atoms with van der Waals surface area (Å²) in [7, 11) is 0. The van der Waals surface area contributed by atoms with Gasteiger partial charge in [-0.15, -0.1) is 0 Å². The Hall–Kier alpha value is -1.51. The molecule has 13 heavy (non-hydrogen) atoms. The Labute approximate surface area is 76.4 Å². The maximum absolute atomic E-state index is 10.5. The maximum Gasteiger partial charge on any atom is 0.305 e. The molecule has 1 aromatic rings. The highest BCUT2D eigenvalue weighted by Gasteiger charge is 2.21. The fraction of sp³-hybridized carbons (Fsp3) is 0.300. The summed E-state index contributed by atoms with van der Waals surface area (Å²) in [6.07, 6.45) is 1.01. The van der Waals surface area contributed by atoms with Crippen LogP contribution in [0.3, 0.4) is 0 Å². The van der Waals surface area contributed by atoms with Crippen LogP contribution in [0.1, 0.15) is 12.0 Å². The number of anilines is 1. The van der Waals surface area contributed by atoms with Gasteiger partial charge in [-0.1, -0.05) is 18.2 Å². The van der Waals surface area contributed by atoms with Crippen molar-refractivity contribution in [3.05, 3.63) is 29.8 Å². The maximum atomic E-state index is 10.5. The van der Waals surface area contributed by atoms with Crippen LogP contribution >= 0.6 is 0 Å². The molecule has 3 heteroatoms. The Balaban J connectivity index is 2.09. The molecule has 1 aliphatic heterocycles. The van der Waals surface area contributed by atoms with Crippen LogP contribution in [-0.2, 0) is 11.2 Å². The van der Waals surface area contributed by atoms with E-state index in [1.54, 1.807) is 0 Å². The van der Waals surface area contributed by atoms with E-state index in [1.807, 2.05) is 24.3 Å². The standard InChI is InChI=1S/C10H11NO2/c12-10(13)6-8-5-7-3-1-2-4-9(7)11-8/h1-4,8,11H,5-6H2,(H,12,13). The molecule has 0 spiro atoms. The lowest BCUT2D eigenvalue weighted by atomic mass is 10.1. The third kappa shape index (κ3) is 1.64. The molecule has 0 bridgehead atoms. The van der Waals surface area contributed by atoms with Gasteiger partial charge in [-0.25, -0.2) is 0 Å². The van der Waals surface area contributed by atoms with Gasteiger partial charge in [0.15, 0.2) is 0 Å². The fourth-order valence-electron chi connectivity index (χ4n) is 1.71. The first kappa shape index (κ1) is 8.10. The molecule has 1 aliphatic rings. The monoisotopic (exact) mass is 177 g/mol. The molecule has 1 heterocycles. The summed E-state index contributed by atoms with van der Waals surface area (Å²) in [5.41, 5.74) is 2.29. The lowest BCUT2D eigenvalue weighted by molar-refractivity contribution is -0.137. The number of hydrogen-bond acceptors (Lipinski definition) is 2. The zero-order valence-electron chi connectivity index (χ0n) is 7.16. The zero-order valence-corrected chi connectivity index (χ0v) is 7.16. The van der Waals surface area contributed by atoms with Gasteiger partial charge in [-0.05, 0) is 18.1 Å². The van der Waals surface area contributed by atoms with Crippen molar-refractivity contribution in [3.8, 4) is 0 Å². The molecule has 1 atom stereocenters. The molecule has 68 valence electrons. The van der Waals surface area contributed by atoms with E-state index in [0.29, 0.717) is 0 Å². The van der Waals surface area contributed by atoms with Crippen molar-refractivity contribution in [1.82, 2.24) is 0 Å². The molecule has 0 aliphatic carbocycles. The fourth-order valence-corrected chi connectivity index (χ4v) is 1.71. The predicted molar refractivity (Wildman–Crippen MR) is 49.8 cm³/mol. The van der Waals surface area contributed by atoms with Gasteiger partial charge in [0.2, 0.25) is 0 Å². The van der Waals surface area contributed by atoms with Gasteiger partial charge in [0.1, 0.15) is 0 Å². The quantitative estimate of drug-likeness (QED) is 0.719. The molecule has 0 amide bonds. The minimum Gasteiger partial charge on any atom is -0.481 e. The van der Waals surface area contributed by atoms with Gasteiger partial charge in [0.25, 0.3) is 0 Å².